The Kier molecular flexibility index (Phi) is 5.29. The Labute approximate surface area is 118 Å². The van der Waals surface area contributed by atoms with Gasteiger partial charge in [-0.25, -0.2) is 0 Å². The van der Waals surface area contributed by atoms with E-state index in [0.717, 1.165) is 11.3 Å². The van der Waals surface area contributed by atoms with Crippen molar-refractivity contribution in [2.45, 2.75) is 19.6 Å². The van der Waals surface area contributed by atoms with Gasteiger partial charge in [0.15, 0.2) is 0 Å². The first-order valence-electron chi connectivity index (χ1n) is 6.53. The van der Waals surface area contributed by atoms with Crippen LogP contribution < -0.4 is 10.8 Å². The van der Waals surface area contributed by atoms with Crippen LogP contribution in [0.15, 0.2) is 60.7 Å². The van der Waals surface area contributed by atoms with E-state index in [1.807, 2.05) is 60.7 Å². The van der Waals surface area contributed by atoms with Gasteiger partial charge >= 0.3 is 0 Å². The molecular formula is C16H18N2O2. The first-order chi connectivity index (χ1) is 9.75. The number of para-hydroxylation sites is 1. The molecule has 4 heteroatoms. The number of anilines is 1. The monoisotopic (exact) mass is 270 g/mol. The van der Waals surface area contributed by atoms with Crippen molar-refractivity contribution in [3.63, 3.8) is 0 Å². The van der Waals surface area contributed by atoms with E-state index in [0.29, 0.717) is 6.61 Å². The van der Waals surface area contributed by atoms with Crippen LogP contribution in [0.1, 0.15) is 12.5 Å². The summed E-state index contributed by atoms with van der Waals surface area (Å²) in [5, 5.41) is 2.81. The lowest BCUT2D eigenvalue weighted by molar-refractivity contribution is -0.122. The van der Waals surface area contributed by atoms with Crippen molar-refractivity contribution in [3.05, 3.63) is 66.2 Å². The van der Waals surface area contributed by atoms with Gasteiger partial charge in [0.05, 0.1) is 6.61 Å². The average molecular weight is 270 g/mol. The van der Waals surface area contributed by atoms with Gasteiger partial charge in [-0.2, -0.15) is 5.48 Å². The van der Waals surface area contributed by atoms with Gasteiger partial charge in [0.2, 0.25) is 5.91 Å². The second-order valence-corrected chi connectivity index (χ2v) is 4.47. The van der Waals surface area contributed by atoms with Gasteiger partial charge in [0.1, 0.15) is 6.04 Å². The molecule has 104 valence electrons. The van der Waals surface area contributed by atoms with Gasteiger partial charge in [0, 0.05) is 5.69 Å². The van der Waals surface area contributed by atoms with E-state index in [1.165, 1.54) is 0 Å². The molecular weight excluding hydrogens is 252 g/mol. The Morgan fingerprint density at radius 1 is 1.05 bits per heavy atom. The minimum Gasteiger partial charge on any atom is -0.325 e. The number of rotatable bonds is 6. The topological polar surface area (TPSA) is 50.4 Å². The quantitative estimate of drug-likeness (QED) is 0.794. The molecule has 0 aliphatic rings. The fourth-order valence-electron chi connectivity index (χ4n) is 1.65. The largest absolute Gasteiger partial charge is 0.325 e. The molecule has 0 fully saturated rings. The third kappa shape index (κ3) is 4.50. The standard InChI is InChI=1S/C16H18N2O2/c1-13(16(19)17-15-10-6-3-7-11-15)18-20-12-14-8-4-2-5-9-14/h2-11,13,18H,12H2,1H3,(H,17,19). The van der Waals surface area contributed by atoms with Crippen molar-refractivity contribution in [2.24, 2.45) is 0 Å². The van der Waals surface area contributed by atoms with Gasteiger partial charge in [-0.1, -0.05) is 48.5 Å². The highest BCUT2D eigenvalue weighted by atomic mass is 16.6. The lowest BCUT2D eigenvalue weighted by Crippen LogP contribution is -2.37. The Morgan fingerprint density at radius 3 is 2.30 bits per heavy atom. The molecule has 0 aromatic heterocycles. The van der Waals surface area contributed by atoms with E-state index in [2.05, 4.69) is 10.8 Å². The van der Waals surface area contributed by atoms with E-state index in [4.69, 9.17) is 4.84 Å². The first-order valence-corrected chi connectivity index (χ1v) is 6.53. The molecule has 0 saturated heterocycles. The van der Waals surface area contributed by atoms with Gasteiger partial charge in [-0.15, -0.1) is 0 Å². The van der Waals surface area contributed by atoms with Crippen molar-refractivity contribution in [1.29, 1.82) is 0 Å². The summed E-state index contributed by atoms with van der Waals surface area (Å²) in [5.74, 6) is -0.135. The Hall–Kier alpha value is -2.17. The van der Waals surface area contributed by atoms with Crippen molar-refractivity contribution in [2.75, 3.05) is 5.32 Å². The summed E-state index contributed by atoms with van der Waals surface area (Å²) >= 11 is 0. The summed E-state index contributed by atoms with van der Waals surface area (Å²) in [6.07, 6.45) is 0. The van der Waals surface area contributed by atoms with E-state index in [-0.39, 0.29) is 5.91 Å². The lowest BCUT2D eigenvalue weighted by Gasteiger charge is -2.14. The highest BCUT2D eigenvalue weighted by molar-refractivity contribution is 5.94. The number of benzene rings is 2. The summed E-state index contributed by atoms with van der Waals surface area (Å²) in [6.45, 7) is 2.17. The molecule has 0 aliphatic carbocycles. The molecule has 2 N–H and O–H groups in total. The molecule has 2 rings (SSSR count). The first kappa shape index (κ1) is 14.2. The molecule has 0 saturated carbocycles. The number of carbonyl (C=O) groups excluding carboxylic acids is 1. The maximum absolute atomic E-state index is 11.9. The summed E-state index contributed by atoms with van der Waals surface area (Å²) < 4.78 is 0. The zero-order valence-corrected chi connectivity index (χ0v) is 11.4. The van der Waals surface area contributed by atoms with Crippen LogP contribution in [-0.4, -0.2) is 11.9 Å². The van der Waals surface area contributed by atoms with Gasteiger partial charge in [-0.05, 0) is 24.6 Å². The summed E-state index contributed by atoms with van der Waals surface area (Å²) in [5.41, 5.74) is 4.56. The van der Waals surface area contributed by atoms with Crippen LogP contribution in [0, 0.1) is 0 Å². The van der Waals surface area contributed by atoms with E-state index >= 15 is 0 Å². The Morgan fingerprint density at radius 2 is 1.65 bits per heavy atom. The maximum Gasteiger partial charge on any atom is 0.243 e. The number of hydroxylamine groups is 1. The average Bonchev–Trinajstić information content (AvgIpc) is 2.49. The number of carbonyl (C=O) groups is 1. The van der Waals surface area contributed by atoms with Crippen LogP contribution in [0.5, 0.6) is 0 Å². The fourth-order valence-corrected chi connectivity index (χ4v) is 1.65. The number of nitrogens with one attached hydrogen (secondary N) is 2. The number of hydrogen-bond donors (Lipinski definition) is 2. The maximum atomic E-state index is 11.9. The predicted molar refractivity (Wildman–Crippen MR) is 78.9 cm³/mol. The SMILES string of the molecule is CC(NOCc1ccccc1)C(=O)Nc1ccccc1. The molecule has 0 spiro atoms. The highest BCUT2D eigenvalue weighted by Crippen LogP contribution is 2.05. The van der Waals surface area contributed by atoms with Crippen LogP contribution in [0.2, 0.25) is 0 Å². The second-order valence-electron chi connectivity index (χ2n) is 4.47. The molecule has 0 heterocycles. The van der Waals surface area contributed by atoms with Crippen molar-refractivity contribution in [3.8, 4) is 0 Å². The highest BCUT2D eigenvalue weighted by Gasteiger charge is 2.12. The lowest BCUT2D eigenvalue weighted by atomic mass is 10.2. The summed E-state index contributed by atoms with van der Waals surface area (Å²) in [7, 11) is 0. The molecule has 1 amide bonds. The van der Waals surface area contributed by atoms with E-state index in [1.54, 1.807) is 6.92 Å². The molecule has 2 aromatic carbocycles. The molecule has 1 unspecified atom stereocenters. The molecule has 0 aliphatic heterocycles. The van der Waals surface area contributed by atoms with Gasteiger partial charge in [-0.3, -0.25) is 9.63 Å². The minimum absolute atomic E-state index is 0.135. The second kappa shape index (κ2) is 7.43. The Balaban J connectivity index is 1.74. The normalized spacial score (nSPS) is 11.8. The molecule has 1 atom stereocenters. The molecule has 0 radical (unpaired) electrons. The fraction of sp³-hybridized carbons (Fsp3) is 0.188. The van der Waals surface area contributed by atoms with Crippen molar-refractivity contribution in [1.82, 2.24) is 5.48 Å². The van der Waals surface area contributed by atoms with Crippen LogP contribution in [0.4, 0.5) is 5.69 Å². The molecule has 4 nitrogen and oxygen atoms in total. The summed E-state index contributed by atoms with van der Waals surface area (Å²) in [4.78, 5) is 17.2. The van der Waals surface area contributed by atoms with E-state index in [9.17, 15) is 4.79 Å². The molecule has 2 aromatic rings. The smallest absolute Gasteiger partial charge is 0.243 e. The zero-order valence-electron chi connectivity index (χ0n) is 11.4. The third-order valence-electron chi connectivity index (χ3n) is 2.78. The van der Waals surface area contributed by atoms with Crippen LogP contribution in [0.3, 0.4) is 0 Å². The predicted octanol–water partition coefficient (Wildman–Crippen LogP) is 2.74. The van der Waals surface area contributed by atoms with Crippen molar-refractivity contribution >= 4 is 11.6 Å². The van der Waals surface area contributed by atoms with Crippen LogP contribution in [-0.2, 0) is 16.2 Å². The van der Waals surface area contributed by atoms with Crippen LogP contribution in [0.25, 0.3) is 0 Å². The van der Waals surface area contributed by atoms with Crippen molar-refractivity contribution < 1.29 is 9.63 Å². The molecule has 0 bridgehead atoms. The molecule has 20 heavy (non-hydrogen) atoms. The number of hydrogen-bond acceptors (Lipinski definition) is 3. The minimum atomic E-state index is -0.432. The van der Waals surface area contributed by atoms with E-state index < -0.39 is 6.04 Å². The zero-order chi connectivity index (χ0) is 14.2. The third-order valence-corrected chi connectivity index (χ3v) is 2.78. The number of amides is 1. The van der Waals surface area contributed by atoms with Gasteiger partial charge < -0.3 is 5.32 Å². The van der Waals surface area contributed by atoms with Gasteiger partial charge in [0.25, 0.3) is 0 Å². The Bertz CT molecular complexity index is 529. The van der Waals surface area contributed by atoms with Crippen LogP contribution >= 0.6 is 0 Å². The summed E-state index contributed by atoms with van der Waals surface area (Å²) in [6, 6.07) is 18.7.